The average Bonchev–Trinajstić information content (AvgIpc) is 0.811. The van der Waals surface area contributed by atoms with Crippen LogP contribution in [-0.2, 0) is 11.4 Å². The van der Waals surface area contributed by atoms with Crippen LogP contribution < -0.4 is 170 Å². The zero-order chi connectivity index (χ0) is 3.58. The van der Waals surface area contributed by atoms with E-state index >= 15 is 0 Å². The van der Waals surface area contributed by atoms with Crippen molar-refractivity contribution in [3.05, 3.63) is 0 Å². The Labute approximate surface area is 188 Å². The summed E-state index contributed by atoms with van der Waals surface area (Å²) in [5.74, 6) is 0. The van der Waals surface area contributed by atoms with E-state index in [9.17, 15) is 0 Å². The maximum absolute atomic E-state index is 8.44. The zero-order valence-corrected chi connectivity index (χ0v) is 18.6. The maximum Gasteiger partial charge on any atom is 1.00 e. The van der Waals surface area contributed by atoms with Crippen LogP contribution in [0.25, 0.3) is 0 Å². The molecule has 0 radical (unpaired) electrons. The molecule has 0 heterocycles. The molecule has 0 saturated heterocycles. The molecule has 0 aliphatic carbocycles. The van der Waals surface area contributed by atoms with Crippen molar-refractivity contribution in [3.8, 4) is 0 Å². The van der Waals surface area contributed by atoms with Gasteiger partial charge in [0.1, 0.15) is 0 Å². The summed E-state index contributed by atoms with van der Waals surface area (Å²) in [4.78, 5) is 0. The van der Waals surface area contributed by atoms with Crippen molar-refractivity contribution in [1.29, 1.82) is 0 Å². The summed E-state index contributed by atoms with van der Waals surface area (Å²) in [7, 11) is 0. The molecule has 26 valence electrons. The summed E-state index contributed by atoms with van der Waals surface area (Å²) < 4.78 is 25.3. The Hall–Kier alpha value is 5.71. The smallest absolute Gasteiger partial charge is 0.784 e. The normalized spacial score (nSPS) is 3.89. The van der Waals surface area contributed by atoms with Gasteiger partial charge in [0.2, 0.25) is 0 Å². The van der Waals surface area contributed by atoms with Gasteiger partial charge in [-0.1, -0.05) is 0 Å². The molecule has 0 amide bonds. The zero-order valence-electron chi connectivity index (χ0n) is 6.63. The van der Waals surface area contributed by atoms with Crippen molar-refractivity contribution in [2.75, 3.05) is 0 Å². The molecule has 0 unspecified atom stereocenters. The first kappa shape index (κ1) is 36.4. The van der Waals surface area contributed by atoms with E-state index in [-0.39, 0.29) is 170 Å². The molecule has 0 N–H and O–H groups in total. The van der Waals surface area contributed by atoms with Crippen LogP contribution >= 0.6 is 0 Å². The summed E-state index contributed by atoms with van der Waals surface area (Å²) in [6, 6.07) is 0. The molecule has 0 aromatic carbocycles. The first-order valence-corrected chi connectivity index (χ1v) is 1.50. The van der Waals surface area contributed by atoms with Crippen molar-refractivity contribution in [2.24, 2.45) is 0 Å². The Balaban J connectivity index is -0.00000000450. The van der Waals surface area contributed by atoms with Crippen LogP contribution in [0.2, 0.25) is 0 Å². The molecular weight excluding hydrogens is 211 g/mol. The number of rotatable bonds is 0. The standard InChI is InChI=1S/K.4Na.H2O3S/c;;;;;1-4(2)3/h;;;;;(H2,1,2,3)/q5*+1;/p-2. The van der Waals surface area contributed by atoms with E-state index in [0.717, 1.165) is 0 Å². The minimum atomic E-state index is -3.11. The molecule has 0 aromatic rings. The minimum Gasteiger partial charge on any atom is -0.784 e. The van der Waals surface area contributed by atoms with Gasteiger partial charge in [-0.05, 0) is 0 Å². The fraction of sp³-hybridized carbons (Fsp3) is 0. The molecule has 0 aliphatic rings. The molecule has 0 atom stereocenters. The first-order chi connectivity index (χ1) is 1.73. The molecule has 0 fully saturated rings. The van der Waals surface area contributed by atoms with E-state index in [2.05, 4.69) is 0 Å². The van der Waals surface area contributed by atoms with Crippen molar-refractivity contribution < 1.29 is 183 Å². The molecule has 0 rings (SSSR count). The van der Waals surface area contributed by atoms with Gasteiger partial charge in [0.25, 0.3) is 0 Å². The van der Waals surface area contributed by atoms with E-state index in [4.69, 9.17) is 13.3 Å². The van der Waals surface area contributed by atoms with Crippen molar-refractivity contribution >= 4 is 11.4 Å². The Morgan fingerprint density at radius 2 is 0.889 bits per heavy atom. The van der Waals surface area contributed by atoms with Crippen LogP contribution in [0.5, 0.6) is 0 Å². The maximum atomic E-state index is 8.44. The van der Waals surface area contributed by atoms with Crippen LogP contribution in [0, 0.1) is 0 Å². The van der Waals surface area contributed by atoms with Gasteiger partial charge in [0, 0.05) is 0 Å². The molecule has 0 spiro atoms. The monoisotopic (exact) mass is 211 g/mol. The number of hydrogen-bond donors (Lipinski definition) is 0. The van der Waals surface area contributed by atoms with Gasteiger partial charge in [-0.3, -0.25) is 4.21 Å². The quantitative estimate of drug-likeness (QED) is 0.295. The molecule has 3 nitrogen and oxygen atoms in total. The van der Waals surface area contributed by atoms with Gasteiger partial charge >= 0.3 is 170 Å². The van der Waals surface area contributed by atoms with E-state index in [1.807, 2.05) is 0 Å². The van der Waals surface area contributed by atoms with Crippen LogP contribution in [0.15, 0.2) is 0 Å². The third-order valence-corrected chi connectivity index (χ3v) is 0. The molecule has 9 heavy (non-hydrogen) atoms. The van der Waals surface area contributed by atoms with Crippen molar-refractivity contribution in [2.45, 2.75) is 0 Å². The third-order valence-electron chi connectivity index (χ3n) is 0. The molecule has 9 heteroatoms. The van der Waals surface area contributed by atoms with Crippen molar-refractivity contribution in [3.63, 3.8) is 0 Å². The fourth-order valence-electron chi connectivity index (χ4n) is 0. The van der Waals surface area contributed by atoms with E-state index in [1.54, 1.807) is 0 Å². The van der Waals surface area contributed by atoms with Crippen LogP contribution in [0.1, 0.15) is 0 Å². The van der Waals surface area contributed by atoms with Crippen LogP contribution in [0.4, 0.5) is 0 Å². The van der Waals surface area contributed by atoms with E-state index in [0.29, 0.717) is 0 Å². The molecular formula is KNa4O3S+3. The largest absolute Gasteiger partial charge is 1.00 e. The summed E-state index contributed by atoms with van der Waals surface area (Å²) >= 11 is -3.11. The average molecular weight is 211 g/mol. The van der Waals surface area contributed by atoms with Crippen LogP contribution in [-0.4, -0.2) is 13.3 Å². The Morgan fingerprint density at radius 3 is 0.889 bits per heavy atom. The summed E-state index contributed by atoms with van der Waals surface area (Å²) in [6.07, 6.45) is 0. The van der Waals surface area contributed by atoms with Gasteiger partial charge in [0.05, 0.1) is 0 Å². The van der Waals surface area contributed by atoms with Crippen LogP contribution in [0.3, 0.4) is 0 Å². The predicted octanol–water partition coefficient (Wildman–Crippen LogP) is -16.0. The summed E-state index contributed by atoms with van der Waals surface area (Å²) in [5.41, 5.74) is 0. The Morgan fingerprint density at radius 1 is 0.889 bits per heavy atom. The SMILES string of the molecule is O=S([O-])[O-].[K+].[Na+].[Na+].[Na+].[Na+]. The Kier molecular flexibility index (Phi) is 118. The van der Waals surface area contributed by atoms with Crippen molar-refractivity contribution in [1.82, 2.24) is 0 Å². The van der Waals surface area contributed by atoms with E-state index < -0.39 is 11.4 Å². The van der Waals surface area contributed by atoms with Gasteiger partial charge in [0.15, 0.2) is 0 Å². The topological polar surface area (TPSA) is 63.2 Å². The molecule has 0 aliphatic heterocycles. The summed E-state index contributed by atoms with van der Waals surface area (Å²) in [5, 5.41) is 0. The molecule has 0 saturated carbocycles. The van der Waals surface area contributed by atoms with Gasteiger partial charge in [-0.2, -0.15) is 0 Å². The Bertz CT molecular complexity index is 38.8. The third kappa shape index (κ3) is 57.7. The first-order valence-electron chi connectivity index (χ1n) is 0.500. The van der Waals surface area contributed by atoms with Gasteiger partial charge in [-0.15, -0.1) is 11.4 Å². The second-order valence-electron chi connectivity index (χ2n) is 0.204. The summed E-state index contributed by atoms with van der Waals surface area (Å²) in [6.45, 7) is 0. The predicted molar refractivity (Wildman–Crippen MR) is 9.70 cm³/mol. The fourth-order valence-corrected chi connectivity index (χ4v) is 0. The molecule has 0 aromatic heterocycles. The van der Waals surface area contributed by atoms with Gasteiger partial charge in [-0.25, -0.2) is 0 Å². The number of hydrogen-bond acceptors (Lipinski definition) is 3. The van der Waals surface area contributed by atoms with Gasteiger partial charge < -0.3 is 9.11 Å². The second kappa shape index (κ2) is 29.2. The minimum absolute atomic E-state index is 0. The second-order valence-corrected chi connectivity index (χ2v) is 0.612. The molecule has 0 bridgehead atoms. The van der Waals surface area contributed by atoms with E-state index in [1.165, 1.54) is 0 Å².